The lowest BCUT2D eigenvalue weighted by molar-refractivity contribution is -0.164. The summed E-state index contributed by atoms with van der Waals surface area (Å²) in [6, 6.07) is 0. The fourth-order valence-electron chi connectivity index (χ4n) is 8.07. The van der Waals surface area contributed by atoms with Gasteiger partial charge in [0.1, 0.15) is 11.6 Å². The second kappa shape index (κ2) is 5.17. The second-order valence-corrected chi connectivity index (χ2v) is 10.4. The first-order valence-corrected chi connectivity index (χ1v) is 10.2. The van der Waals surface area contributed by atoms with E-state index >= 15 is 0 Å². The van der Waals surface area contributed by atoms with Crippen LogP contribution < -0.4 is 0 Å². The number of rotatable bonds is 1. The third-order valence-electron chi connectivity index (χ3n) is 9.66. The Hall–Kier alpha value is -0.660. The van der Waals surface area contributed by atoms with Crippen molar-refractivity contribution in [1.29, 1.82) is 0 Å². The number of fused-ring (bicyclic) bond motifs is 5. The predicted octanol–water partition coefficient (Wildman–Crippen LogP) is 5.19. The number of carbonyl (C=O) groups excluding carboxylic acids is 2. The largest absolute Gasteiger partial charge is 0.300 e. The molecule has 0 amide bonds. The molecule has 134 valence electrons. The minimum absolute atomic E-state index is 0.218. The Morgan fingerprint density at radius 3 is 2.42 bits per heavy atom. The molecule has 0 unspecified atom stereocenters. The molecule has 0 saturated heterocycles. The summed E-state index contributed by atoms with van der Waals surface area (Å²) in [6.07, 6.45) is 10.1. The normalized spacial score (nSPS) is 53.9. The van der Waals surface area contributed by atoms with E-state index in [0.29, 0.717) is 22.9 Å². The molecule has 2 nitrogen and oxygen atoms in total. The van der Waals surface area contributed by atoms with Crippen molar-refractivity contribution in [3.8, 4) is 0 Å². The molecule has 0 N–H and O–H groups in total. The van der Waals surface area contributed by atoms with Crippen molar-refractivity contribution in [3.05, 3.63) is 0 Å². The first-order valence-electron chi connectivity index (χ1n) is 10.2. The number of Topliss-reactive ketones (excluding diaryl/α,β-unsaturated/α-hetero) is 2. The third kappa shape index (κ3) is 2.01. The maximum Gasteiger partial charge on any atom is 0.133 e. The minimum Gasteiger partial charge on any atom is -0.300 e. The van der Waals surface area contributed by atoms with Crippen LogP contribution in [0, 0.1) is 39.9 Å². The van der Waals surface area contributed by atoms with E-state index in [-0.39, 0.29) is 10.8 Å². The van der Waals surface area contributed by atoms with E-state index in [0.717, 1.165) is 43.4 Å². The smallest absolute Gasteiger partial charge is 0.133 e. The van der Waals surface area contributed by atoms with E-state index in [1.165, 1.54) is 32.1 Å². The summed E-state index contributed by atoms with van der Waals surface area (Å²) >= 11 is 0. The van der Waals surface area contributed by atoms with Crippen LogP contribution in [0.1, 0.15) is 85.5 Å². The summed E-state index contributed by atoms with van der Waals surface area (Å²) in [4.78, 5) is 24.3. The van der Waals surface area contributed by atoms with Gasteiger partial charge in [0.15, 0.2) is 0 Å². The SMILES string of the molecule is CC(=O)[C@@H]1CC[C@@H]2[C@H]3CC[C@@]4(C)CC(=O)CC[C@]4(C)[C@@H]3CC[C@@]21C. The number of carbonyl (C=O) groups is 2. The summed E-state index contributed by atoms with van der Waals surface area (Å²) in [5.74, 6) is 3.52. The van der Waals surface area contributed by atoms with Gasteiger partial charge in [-0.05, 0) is 85.9 Å². The number of hydrogen-bond donors (Lipinski definition) is 0. The quantitative estimate of drug-likeness (QED) is 0.662. The maximum atomic E-state index is 12.2. The lowest BCUT2D eigenvalue weighted by atomic mass is 9.40. The van der Waals surface area contributed by atoms with E-state index in [4.69, 9.17) is 0 Å². The van der Waals surface area contributed by atoms with Gasteiger partial charge in [0.25, 0.3) is 0 Å². The molecular formula is C22H34O2. The summed E-state index contributed by atoms with van der Waals surface area (Å²) < 4.78 is 0. The van der Waals surface area contributed by atoms with Gasteiger partial charge in [0, 0.05) is 18.8 Å². The molecule has 4 rings (SSSR count). The standard InChI is InChI=1S/C22H34O2/c1-14(23)17-5-6-18-16-8-10-20(2)13-15(24)7-12-22(20,4)19(16)9-11-21(17,18)3/h16-19H,5-13H2,1-4H3/t16-,17+,18-,19-,20+,21-,22-/m1/s1. The Bertz CT molecular complexity index is 581. The van der Waals surface area contributed by atoms with Crippen LogP contribution in [0.15, 0.2) is 0 Å². The molecule has 0 aromatic carbocycles. The Morgan fingerprint density at radius 1 is 0.958 bits per heavy atom. The Morgan fingerprint density at radius 2 is 1.71 bits per heavy atom. The third-order valence-corrected chi connectivity index (χ3v) is 9.66. The second-order valence-electron chi connectivity index (χ2n) is 10.4. The first-order chi connectivity index (χ1) is 11.2. The molecule has 0 aromatic heterocycles. The van der Waals surface area contributed by atoms with Crippen molar-refractivity contribution < 1.29 is 9.59 Å². The lowest BCUT2D eigenvalue weighted by Gasteiger charge is -2.64. The molecule has 4 saturated carbocycles. The summed E-state index contributed by atoms with van der Waals surface area (Å²) in [5.41, 5.74) is 0.802. The van der Waals surface area contributed by atoms with Crippen molar-refractivity contribution in [1.82, 2.24) is 0 Å². The number of hydrogen-bond acceptors (Lipinski definition) is 2. The molecule has 4 fully saturated rings. The highest BCUT2D eigenvalue weighted by Gasteiger charge is 2.63. The van der Waals surface area contributed by atoms with Gasteiger partial charge in [0.05, 0.1) is 0 Å². The molecule has 0 aromatic rings. The van der Waals surface area contributed by atoms with Crippen LogP contribution in [0.25, 0.3) is 0 Å². The van der Waals surface area contributed by atoms with Gasteiger partial charge in [-0.25, -0.2) is 0 Å². The van der Waals surface area contributed by atoms with Gasteiger partial charge >= 0.3 is 0 Å². The van der Waals surface area contributed by atoms with Gasteiger partial charge in [-0.3, -0.25) is 9.59 Å². The molecule has 7 atom stereocenters. The monoisotopic (exact) mass is 330 g/mol. The molecule has 0 radical (unpaired) electrons. The van der Waals surface area contributed by atoms with Crippen LogP contribution in [0.4, 0.5) is 0 Å². The maximum absolute atomic E-state index is 12.2. The zero-order chi connectivity index (χ0) is 17.3. The topological polar surface area (TPSA) is 34.1 Å². The fraction of sp³-hybridized carbons (Fsp3) is 0.909. The van der Waals surface area contributed by atoms with Crippen LogP contribution in [0.5, 0.6) is 0 Å². The fourth-order valence-corrected chi connectivity index (χ4v) is 8.07. The molecule has 0 heterocycles. The van der Waals surface area contributed by atoms with E-state index < -0.39 is 0 Å². The van der Waals surface area contributed by atoms with E-state index in [1.54, 1.807) is 0 Å². The Kier molecular flexibility index (Phi) is 3.62. The summed E-state index contributed by atoms with van der Waals surface area (Å²) in [7, 11) is 0. The highest BCUT2D eigenvalue weighted by atomic mass is 16.1. The average molecular weight is 331 g/mol. The first kappa shape index (κ1) is 16.8. The zero-order valence-electron chi connectivity index (χ0n) is 16.0. The van der Waals surface area contributed by atoms with Crippen LogP contribution in [-0.4, -0.2) is 11.6 Å². The van der Waals surface area contributed by atoms with Crippen molar-refractivity contribution in [3.63, 3.8) is 0 Å². The van der Waals surface area contributed by atoms with E-state index in [2.05, 4.69) is 20.8 Å². The lowest BCUT2D eigenvalue weighted by Crippen LogP contribution is -2.57. The molecule has 0 spiro atoms. The van der Waals surface area contributed by atoms with Gasteiger partial charge in [-0.15, -0.1) is 0 Å². The molecular weight excluding hydrogens is 296 g/mol. The summed E-state index contributed by atoms with van der Waals surface area (Å²) in [6.45, 7) is 9.15. The van der Waals surface area contributed by atoms with Crippen molar-refractivity contribution in [2.24, 2.45) is 39.9 Å². The van der Waals surface area contributed by atoms with Gasteiger partial charge in [-0.2, -0.15) is 0 Å². The van der Waals surface area contributed by atoms with E-state index in [9.17, 15) is 9.59 Å². The van der Waals surface area contributed by atoms with Gasteiger partial charge < -0.3 is 0 Å². The highest BCUT2D eigenvalue weighted by Crippen LogP contribution is 2.70. The molecule has 2 heteroatoms. The predicted molar refractivity (Wildman–Crippen MR) is 95.5 cm³/mol. The molecule has 0 bridgehead atoms. The van der Waals surface area contributed by atoms with Crippen LogP contribution in [0.2, 0.25) is 0 Å². The van der Waals surface area contributed by atoms with Gasteiger partial charge in [-0.1, -0.05) is 20.8 Å². The van der Waals surface area contributed by atoms with Crippen molar-refractivity contribution >= 4 is 11.6 Å². The van der Waals surface area contributed by atoms with Crippen LogP contribution in [-0.2, 0) is 9.59 Å². The zero-order valence-corrected chi connectivity index (χ0v) is 16.0. The average Bonchev–Trinajstić information content (AvgIpc) is 2.86. The van der Waals surface area contributed by atoms with Crippen molar-refractivity contribution in [2.75, 3.05) is 0 Å². The molecule has 4 aliphatic carbocycles. The summed E-state index contributed by atoms with van der Waals surface area (Å²) in [5, 5.41) is 0. The van der Waals surface area contributed by atoms with Crippen LogP contribution >= 0.6 is 0 Å². The van der Waals surface area contributed by atoms with Crippen LogP contribution in [0.3, 0.4) is 0 Å². The number of ketones is 2. The molecule has 0 aliphatic heterocycles. The Balaban J connectivity index is 1.66. The highest BCUT2D eigenvalue weighted by molar-refractivity contribution is 5.80. The van der Waals surface area contributed by atoms with E-state index in [1.807, 2.05) is 6.92 Å². The van der Waals surface area contributed by atoms with Gasteiger partial charge in [0.2, 0.25) is 0 Å². The minimum atomic E-state index is 0.218. The van der Waals surface area contributed by atoms with Crippen molar-refractivity contribution in [2.45, 2.75) is 85.5 Å². The Labute approximate surface area is 147 Å². The molecule has 24 heavy (non-hydrogen) atoms. The molecule has 4 aliphatic rings.